The maximum Gasteiger partial charge on any atom is 0.174 e. The lowest BCUT2D eigenvalue weighted by Gasteiger charge is -2.10. The number of nitrogens with zero attached hydrogens (tertiary/aromatic N) is 2. The highest BCUT2D eigenvalue weighted by Crippen LogP contribution is 2.22. The first-order chi connectivity index (χ1) is 6.63. The molecule has 0 aliphatic heterocycles. The minimum Gasteiger partial charge on any atom is -0.382 e. The summed E-state index contributed by atoms with van der Waals surface area (Å²) in [5.74, 6) is 1.28. The van der Waals surface area contributed by atoms with Gasteiger partial charge in [0.05, 0.1) is 5.69 Å². The van der Waals surface area contributed by atoms with Crippen molar-refractivity contribution in [2.45, 2.75) is 20.8 Å². The van der Waals surface area contributed by atoms with E-state index in [-0.39, 0.29) is 0 Å². The summed E-state index contributed by atoms with van der Waals surface area (Å²) in [6.07, 6.45) is 1.80. The molecular formula is C11H17N3. The fourth-order valence-corrected chi connectivity index (χ4v) is 1.13. The second-order valence-electron chi connectivity index (χ2n) is 3.82. The molecule has 0 unspecified atom stereocenters. The highest BCUT2D eigenvalue weighted by Gasteiger charge is 2.02. The van der Waals surface area contributed by atoms with Crippen LogP contribution in [0.5, 0.6) is 0 Å². The lowest BCUT2D eigenvalue weighted by molar-refractivity contribution is 0.689. The van der Waals surface area contributed by atoms with E-state index in [4.69, 9.17) is 0 Å². The van der Waals surface area contributed by atoms with Gasteiger partial charge in [-0.05, 0) is 31.2 Å². The number of aliphatic imine (C=N–C) groups is 1. The molecule has 0 fully saturated rings. The number of hydrogen-bond acceptors (Lipinski definition) is 3. The summed E-state index contributed by atoms with van der Waals surface area (Å²) in [4.78, 5) is 8.05. The number of aromatic nitrogens is 1. The Hall–Kier alpha value is -1.38. The number of hydrogen-bond donors (Lipinski definition) is 1. The minimum atomic E-state index is 0.605. The molecule has 0 aliphatic carbocycles. The topological polar surface area (TPSA) is 37.3 Å². The highest BCUT2D eigenvalue weighted by molar-refractivity contribution is 5.64. The predicted molar refractivity (Wildman–Crippen MR) is 61.5 cm³/mol. The van der Waals surface area contributed by atoms with Gasteiger partial charge in [0.25, 0.3) is 0 Å². The van der Waals surface area contributed by atoms with Crippen LogP contribution in [0.25, 0.3) is 0 Å². The van der Waals surface area contributed by atoms with Crippen LogP contribution in [0.3, 0.4) is 0 Å². The average Bonchev–Trinajstić information content (AvgIpc) is 2.15. The van der Waals surface area contributed by atoms with Crippen molar-refractivity contribution >= 4 is 18.2 Å². The molecule has 0 radical (unpaired) electrons. The Bertz CT molecular complexity index is 318. The van der Waals surface area contributed by atoms with E-state index in [1.165, 1.54) is 0 Å². The van der Waals surface area contributed by atoms with Gasteiger partial charge in [0.15, 0.2) is 5.82 Å². The summed E-state index contributed by atoms with van der Waals surface area (Å²) < 4.78 is 0. The molecule has 0 atom stereocenters. The molecule has 14 heavy (non-hydrogen) atoms. The van der Waals surface area contributed by atoms with Crippen molar-refractivity contribution in [1.29, 1.82) is 0 Å². The molecule has 0 aromatic carbocycles. The smallest absolute Gasteiger partial charge is 0.174 e. The van der Waals surface area contributed by atoms with Crippen LogP contribution in [-0.4, -0.2) is 18.2 Å². The van der Waals surface area contributed by atoms with Crippen LogP contribution >= 0.6 is 0 Å². The first-order valence-corrected chi connectivity index (χ1v) is 4.80. The van der Waals surface area contributed by atoms with E-state index >= 15 is 0 Å². The first kappa shape index (κ1) is 10.7. The molecule has 76 valence electrons. The molecule has 3 nitrogen and oxygen atoms in total. The van der Waals surface area contributed by atoms with Gasteiger partial charge in [0.2, 0.25) is 0 Å². The van der Waals surface area contributed by atoms with Crippen molar-refractivity contribution in [1.82, 2.24) is 4.98 Å². The molecule has 1 aromatic heterocycles. The van der Waals surface area contributed by atoms with Gasteiger partial charge in [0.1, 0.15) is 0 Å². The zero-order chi connectivity index (χ0) is 10.6. The molecule has 0 spiro atoms. The molecule has 0 bridgehead atoms. The number of nitrogens with one attached hydrogen (secondary N) is 1. The van der Waals surface area contributed by atoms with E-state index in [1.54, 1.807) is 6.20 Å². The molecule has 1 aromatic rings. The van der Waals surface area contributed by atoms with Gasteiger partial charge in [-0.1, -0.05) is 13.8 Å². The third kappa shape index (κ3) is 2.83. The Labute approximate surface area is 85.3 Å². The molecule has 0 saturated heterocycles. The normalized spacial score (nSPS) is 10.3. The van der Waals surface area contributed by atoms with Crippen molar-refractivity contribution in [3.63, 3.8) is 0 Å². The zero-order valence-electron chi connectivity index (χ0n) is 9.04. The number of anilines is 1. The summed E-state index contributed by atoms with van der Waals surface area (Å²) in [5, 5.41) is 3.31. The van der Waals surface area contributed by atoms with E-state index in [2.05, 4.69) is 35.9 Å². The fourth-order valence-electron chi connectivity index (χ4n) is 1.13. The third-order valence-electron chi connectivity index (χ3n) is 1.85. The highest BCUT2D eigenvalue weighted by atomic mass is 15.0. The predicted octanol–water partition coefficient (Wildman–Crippen LogP) is 2.79. The van der Waals surface area contributed by atoms with Crippen molar-refractivity contribution in [2.24, 2.45) is 10.9 Å². The maximum absolute atomic E-state index is 4.18. The van der Waals surface area contributed by atoms with Crippen LogP contribution in [0.15, 0.2) is 17.3 Å². The van der Waals surface area contributed by atoms with Gasteiger partial charge in [0, 0.05) is 12.7 Å². The fraction of sp³-hybridized carbons (Fsp3) is 0.455. The van der Waals surface area contributed by atoms with Crippen LogP contribution in [0.2, 0.25) is 0 Å². The number of pyridine rings is 1. The second-order valence-corrected chi connectivity index (χ2v) is 3.82. The Morgan fingerprint density at radius 1 is 1.57 bits per heavy atom. The monoisotopic (exact) mass is 191 g/mol. The summed E-state index contributed by atoms with van der Waals surface area (Å²) in [6, 6.07) is 2.04. The van der Waals surface area contributed by atoms with Crippen LogP contribution in [0.4, 0.5) is 11.5 Å². The van der Waals surface area contributed by atoms with Crippen LogP contribution in [0.1, 0.15) is 19.4 Å². The molecule has 1 heterocycles. The Balaban J connectivity index is 2.82. The summed E-state index contributed by atoms with van der Waals surface area (Å²) in [7, 11) is 0. The Kier molecular flexibility index (Phi) is 3.63. The van der Waals surface area contributed by atoms with Gasteiger partial charge in [-0.15, -0.1) is 0 Å². The average molecular weight is 191 g/mol. The standard InChI is InChI=1S/C11H17N3/c1-8(2)6-13-10-5-9(3)7-14-11(10)12-4/h5,7-8,13H,4,6H2,1-3H3. The van der Waals surface area contributed by atoms with Crippen LogP contribution in [0, 0.1) is 12.8 Å². The van der Waals surface area contributed by atoms with Gasteiger partial charge < -0.3 is 5.32 Å². The summed E-state index contributed by atoms with van der Waals surface area (Å²) in [5.41, 5.74) is 2.09. The van der Waals surface area contributed by atoms with Gasteiger partial charge in [-0.25, -0.2) is 9.98 Å². The Morgan fingerprint density at radius 3 is 2.86 bits per heavy atom. The second kappa shape index (κ2) is 4.74. The number of aryl methyl sites for hydroxylation is 1. The first-order valence-electron chi connectivity index (χ1n) is 4.80. The van der Waals surface area contributed by atoms with Crippen molar-refractivity contribution < 1.29 is 0 Å². The van der Waals surface area contributed by atoms with Crippen molar-refractivity contribution in [2.75, 3.05) is 11.9 Å². The third-order valence-corrected chi connectivity index (χ3v) is 1.85. The molecule has 0 saturated carbocycles. The maximum atomic E-state index is 4.18. The van der Waals surface area contributed by atoms with Crippen LogP contribution in [-0.2, 0) is 0 Å². The summed E-state index contributed by atoms with van der Waals surface area (Å²) >= 11 is 0. The van der Waals surface area contributed by atoms with E-state index in [1.807, 2.05) is 13.0 Å². The lowest BCUT2D eigenvalue weighted by atomic mass is 10.2. The van der Waals surface area contributed by atoms with E-state index in [0.29, 0.717) is 11.7 Å². The van der Waals surface area contributed by atoms with Gasteiger partial charge in [-0.2, -0.15) is 0 Å². The van der Waals surface area contributed by atoms with Gasteiger partial charge in [-0.3, -0.25) is 0 Å². The molecule has 1 N–H and O–H groups in total. The number of rotatable bonds is 4. The minimum absolute atomic E-state index is 0.605. The Morgan fingerprint density at radius 2 is 2.29 bits per heavy atom. The van der Waals surface area contributed by atoms with E-state index in [0.717, 1.165) is 17.8 Å². The molecular weight excluding hydrogens is 174 g/mol. The largest absolute Gasteiger partial charge is 0.382 e. The molecule has 0 amide bonds. The summed E-state index contributed by atoms with van der Waals surface area (Å²) in [6.45, 7) is 10.8. The molecule has 3 heteroatoms. The van der Waals surface area contributed by atoms with E-state index < -0.39 is 0 Å². The van der Waals surface area contributed by atoms with Gasteiger partial charge >= 0.3 is 0 Å². The molecule has 0 aliphatic rings. The van der Waals surface area contributed by atoms with Crippen molar-refractivity contribution in [3.05, 3.63) is 17.8 Å². The van der Waals surface area contributed by atoms with Crippen LogP contribution < -0.4 is 5.32 Å². The molecule has 1 rings (SSSR count). The van der Waals surface area contributed by atoms with E-state index in [9.17, 15) is 0 Å². The zero-order valence-corrected chi connectivity index (χ0v) is 9.04. The SMILES string of the molecule is C=Nc1ncc(C)cc1NCC(C)C. The quantitative estimate of drug-likeness (QED) is 0.743. The lowest BCUT2D eigenvalue weighted by Crippen LogP contribution is -2.08. The van der Waals surface area contributed by atoms with Crippen molar-refractivity contribution in [3.8, 4) is 0 Å².